The highest BCUT2D eigenvalue weighted by Crippen LogP contribution is 2.05. The van der Waals surface area contributed by atoms with Crippen LogP contribution in [0.4, 0.5) is 4.79 Å². The molecule has 0 aliphatic rings. The molecule has 84 valence electrons. The smallest absolute Gasteiger partial charge is 0.404 e. The molecule has 0 saturated carbocycles. The zero-order valence-corrected chi connectivity index (χ0v) is 9.11. The lowest BCUT2D eigenvalue weighted by Gasteiger charge is -2.17. The fraction of sp³-hybridized carbons (Fsp3) is 0.889. The summed E-state index contributed by atoms with van der Waals surface area (Å²) in [6, 6.07) is 0. The van der Waals surface area contributed by atoms with Gasteiger partial charge in [0, 0.05) is 27.1 Å². The fourth-order valence-corrected chi connectivity index (χ4v) is 0.839. The summed E-state index contributed by atoms with van der Waals surface area (Å²) in [7, 11) is 2.93. The highest BCUT2D eigenvalue weighted by atomic mass is 16.8. The number of hydrogen-bond acceptors (Lipinski definition) is 5. The van der Waals surface area contributed by atoms with Crippen LogP contribution in [0.1, 0.15) is 26.7 Å². The molecule has 0 fully saturated rings. The van der Waals surface area contributed by atoms with Crippen LogP contribution in [0, 0.1) is 0 Å². The normalized spacial score (nSPS) is 14.6. The lowest BCUT2D eigenvalue weighted by Crippen LogP contribution is -2.25. The van der Waals surface area contributed by atoms with Crippen LogP contribution in [0.2, 0.25) is 0 Å². The number of ether oxygens (including phenoxy) is 4. The third-order valence-corrected chi connectivity index (χ3v) is 1.65. The standard InChI is InChI=1S/C9H18O5/c1-5-7(11-3)13-9(10)14-8(6-2)12-4/h7-8H,5-6H2,1-4H3. The van der Waals surface area contributed by atoms with E-state index in [-0.39, 0.29) is 0 Å². The van der Waals surface area contributed by atoms with Crippen molar-refractivity contribution >= 4 is 6.16 Å². The van der Waals surface area contributed by atoms with Gasteiger partial charge in [0.1, 0.15) is 0 Å². The lowest BCUT2D eigenvalue weighted by molar-refractivity contribution is -0.147. The van der Waals surface area contributed by atoms with E-state index >= 15 is 0 Å². The van der Waals surface area contributed by atoms with Gasteiger partial charge < -0.3 is 18.9 Å². The van der Waals surface area contributed by atoms with Gasteiger partial charge in [0.15, 0.2) is 0 Å². The third-order valence-electron chi connectivity index (χ3n) is 1.65. The molecular formula is C9H18O5. The first-order valence-electron chi connectivity index (χ1n) is 4.60. The van der Waals surface area contributed by atoms with Crippen molar-refractivity contribution in [2.75, 3.05) is 14.2 Å². The summed E-state index contributed by atoms with van der Waals surface area (Å²) in [6.45, 7) is 3.68. The largest absolute Gasteiger partial charge is 0.512 e. The predicted octanol–water partition coefficient (Wildman–Crippen LogP) is 1.90. The second-order valence-electron chi connectivity index (χ2n) is 2.63. The van der Waals surface area contributed by atoms with Crippen molar-refractivity contribution in [3.8, 4) is 0 Å². The van der Waals surface area contributed by atoms with E-state index in [1.165, 1.54) is 14.2 Å². The summed E-state index contributed by atoms with van der Waals surface area (Å²) in [5, 5.41) is 0. The zero-order chi connectivity index (χ0) is 11.0. The summed E-state index contributed by atoms with van der Waals surface area (Å²) in [5.74, 6) is 0. The monoisotopic (exact) mass is 206 g/mol. The molecule has 0 radical (unpaired) electrons. The van der Waals surface area contributed by atoms with Crippen molar-refractivity contribution in [2.45, 2.75) is 39.3 Å². The molecule has 0 aliphatic heterocycles. The summed E-state index contributed by atoms with van der Waals surface area (Å²) in [5.41, 5.74) is 0. The van der Waals surface area contributed by atoms with E-state index in [0.29, 0.717) is 12.8 Å². The van der Waals surface area contributed by atoms with E-state index in [2.05, 4.69) is 0 Å². The topological polar surface area (TPSA) is 54.0 Å². The van der Waals surface area contributed by atoms with Crippen LogP contribution in [0.25, 0.3) is 0 Å². The van der Waals surface area contributed by atoms with E-state index in [0.717, 1.165) is 0 Å². The molecule has 5 nitrogen and oxygen atoms in total. The van der Waals surface area contributed by atoms with Gasteiger partial charge in [0.05, 0.1) is 0 Å². The number of hydrogen-bond donors (Lipinski definition) is 0. The van der Waals surface area contributed by atoms with Crippen LogP contribution < -0.4 is 0 Å². The highest BCUT2D eigenvalue weighted by Gasteiger charge is 2.16. The Bertz CT molecular complexity index is 135. The Morgan fingerprint density at radius 2 is 1.36 bits per heavy atom. The van der Waals surface area contributed by atoms with Crippen molar-refractivity contribution in [3.05, 3.63) is 0 Å². The van der Waals surface area contributed by atoms with Crippen LogP contribution in [-0.2, 0) is 18.9 Å². The maximum atomic E-state index is 11.1. The van der Waals surface area contributed by atoms with Gasteiger partial charge in [-0.1, -0.05) is 13.8 Å². The minimum atomic E-state index is -0.771. The molecule has 0 bridgehead atoms. The number of methoxy groups -OCH3 is 2. The quantitative estimate of drug-likeness (QED) is 0.490. The predicted molar refractivity (Wildman–Crippen MR) is 49.7 cm³/mol. The lowest BCUT2D eigenvalue weighted by atomic mass is 10.5. The van der Waals surface area contributed by atoms with Crippen LogP contribution in [-0.4, -0.2) is 33.0 Å². The Morgan fingerprint density at radius 1 is 1.00 bits per heavy atom. The van der Waals surface area contributed by atoms with Crippen molar-refractivity contribution < 1.29 is 23.7 Å². The first kappa shape index (κ1) is 13.2. The molecular weight excluding hydrogens is 188 g/mol. The average Bonchev–Trinajstić information content (AvgIpc) is 2.22. The molecule has 0 aliphatic carbocycles. The maximum Gasteiger partial charge on any atom is 0.512 e. The average molecular weight is 206 g/mol. The fourth-order valence-electron chi connectivity index (χ4n) is 0.839. The Balaban J connectivity index is 3.83. The van der Waals surface area contributed by atoms with Crippen LogP contribution in [0.5, 0.6) is 0 Å². The zero-order valence-electron chi connectivity index (χ0n) is 9.11. The Kier molecular flexibility index (Phi) is 7.14. The maximum absolute atomic E-state index is 11.1. The third kappa shape index (κ3) is 5.04. The number of rotatable bonds is 6. The van der Waals surface area contributed by atoms with E-state index in [9.17, 15) is 4.79 Å². The molecule has 0 N–H and O–H groups in total. The molecule has 0 aromatic carbocycles. The minimum Gasteiger partial charge on any atom is -0.404 e. The summed E-state index contributed by atoms with van der Waals surface area (Å²) >= 11 is 0. The van der Waals surface area contributed by atoms with Gasteiger partial charge in [0.2, 0.25) is 12.6 Å². The van der Waals surface area contributed by atoms with Gasteiger partial charge in [0.25, 0.3) is 0 Å². The molecule has 2 atom stereocenters. The molecule has 14 heavy (non-hydrogen) atoms. The van der Waals surface area contributed by atoms with E-state index in [4.69, 9.17) is 18.9 Å². The SMILES string of the molecule is CCC(OC)OC(=O)OC(CC)OC. The molecule has 0 saturated heterocycles. The molecule has 5 heteroatoms. The van der Waals surface area contributed by atoms with Gasteiger partial charge in [-0.3, -0.25) is 0 Å². The van der Waals surface area contributed by atoms with Crippen molar-refractivity contribution in [1.29, 1.82) is 0 Å². The van der Waals surface area contributed by atoms with Crippen molar-refractivity contribution in [1.82, 2.24) is 0 Å². The van der Waals surface area contributed by atoms with Gasteiger partial charge in [-0.25, -0.2) is 4.79 Å². The number of carbonyl (C=O) groups excluding carboxylic acids is 1. The molecule has 0 spiro atoms. The van der Waals surface area contributed by atoms with Gasteiger partial charge in [-0.15, -0.1) is 0 Å². The Labute approximate surface area is 84.3 Å². The van der Waals surface area contributed by atoms with E-state index in [1.807, 2.05) is 13.8 Å². The molecule has 0 amide bonds. The molecule has 0 aromatic rings. The van der Waals surface area contributed by atoms with Gasteiger partial charge in [-0.2, -0.15) is 0 Å². The van der Waals surface area contributed by atoms with Crippen molar-refractivity contribution in [3.63, 3.8) is 0 Å². The Hall–Kier alpha value is -0.810. The van der Waals surface area contributed by atoms with Crippen LogP contribution in [0.3, 0.4) is 0 Å². The highest BCUT2D eigenvalue weighted by molar-refractivity contribution is 5.60. The van der Waals surface area contributed by atoms with Crippen LogP contribution in [0.15, 0.2) is 0 Å². The molecule has 0 aromatic heterocycles. The van der Waals surface area contributed by atoms with E-state index in [1.54, 1.807) is 0 Å². The Morgan fingerprint density at radius 3 is 1.57 bits per heavy atom. The first-order valence-corrected chi connectivity index (χ1v) is 4.60. The first-order chi connectivity index (χ1) is 6.67. The molecule has 0 heterocycles. The van der Waals surface area contributed by atoms with Crippen LogP contribution >= 0.6 is 0 Å². The van der Waals surface area contributed by atoms with Gasteiger partial charge in [-0.05, 0) is 0 Å². The summed E-state index contributed by atoms with van der Waals surface area (Å²) in [4.78, 5) is 11.1. The summed E-state index contributed by atoms with van der Waals surface area (Å²) in [6.07, 6.45) is -0.730. The second-order valence-corrected chi connectivity index (χ2v) is 2.63. The summed E-state index contributed by atoms with van der Waals surface area (Å²) < 4.78 is 19.3. The van der Waals surface area contributed by atoms with Crippen molar-refractivity contribution in [2.24, 2.45) is 0 Å². The number of carbonyl (C=O) groups is 1. The van der Waals surface area contributed by atoms with Gasteiger partial charge >= 0.3 is 6.16 Å². The second kappa shape index (κ2) is 7.58. The minimum absolute atomic E-state index is 0.558. The molecule has 2 unspecified atom stereocenters. The van der Waals surface area contributed by atoms with E-state index < -0.39 is 18.7 Å². The molecule has 0 rings (SSSR count).